The van der Waals surface area contributed by atoms with Gasteiger partial charge in [0, 0.05) is 0 Å². The summed E-state index contributed by atoms with van der Waals surface area (Å²) in [4.78, 5) is 0. The molecule has 0 aliphatic heterocycles. The van der Waals surface area contributed by atoms with Crippen molar-refractivity contribution in [2.45, 2.75) is 0 Å². The summed E-state index contributed by atoms with van der Waals surface area (Å²) < 4.78 is 21.0. The Bertz CT molecular complexity index is 244. The topological polar surface area (TPSA) is 37.3 Å². The molecule has 0 saturated heterocycles. The molecule has 1 unspecified atom stereocenters. The number of rotatable bonds is 1. The molecule has 10 heavy (non-hydrogen) atoms. The van der Waals surface area contributed by atoms with Gasteiger partial charge in [0.05, 0.1) is 0 Å². The predicted molar refractivity (Wildman–Crippen MR) is 48.8 cm³/mol. The molecule has 1 aromatic rings. The van der Waals surface area contributed by atoms with Crippen molar-refractivity contribution in [3.63, 3.8) is 0 Å². The second-order valence-corrected chi connectivity index (χ2v) is 5.55. The van der Waals surface area contributed by atoms with Crippen LogP contribution in [0.25, 0.3) is 0 Å². The Morgan fingerprint density at radius 2 is 1.80 bits per heavy atom. The van der Waals surface area contributed by atoms with Crippen LogP contribution in [0, 0.1) is 3.57 Å². The van der Waals surface area contributed by atoms with Crippen LogP contribution < -0.4 is 4.35 Å². The molecule has 0 heterocycles. The van der Waals surface area contributed by atoms with Crippen LogP contribution in [0.5, 0.6) is 0 Å². The van der Waals surface area contributed by atoms with Gasteiger partial charge in [-0.05, 0) is 0 Å². The van der Waals surface area contributed by atoms with E-state index in [0.717, 1.165) is 3.57 Å². The molecular weight excluding hydrogens is 306 g/mol. The number of hydrogen-bond acceptors (Lipinski definition) is 1. The van der Waals surface area contributed by atoms with Gasteiger partial charge in [0.25, 0.3) is 0 Å². The van der Waals surface area contributed by atoms with Crippen molar-refractivity contribution in [3.8, 4) is 0 Å². The van der Waals surface area contributed by atoms with Crippen molar-refractivity contribution in [2.24, 2.45) is 0 Å². The summed E-state index contributed by atoms with van der Waals surface area (Å²) in [5, 5.41) is 0. The summed E-state index contributed by atoms with van der Waals surface area (Å²) in [7, 11) is 0. The van der Waals surface area contributed by atoms with E-state index in [4.69, 9.17) is 4.10 Å². The summed E-state index contributed by atoms with van der Waals surface area (Å²) in [6, 6.07) is 7.06. The number of hydrogen-bond donors (Lipinski definition) is 1. The van der Waals surface area contributed by atoms with E-state index in [1.165, 1.54) is 0 Å². The fraction of sp³-hybridized carbons (Fsp3) is 0. The summed E-state index contributed by atoms with van der Waals surface area (Å²) in [5.74, 6) is 0. The van der Waals surface area contributed by atoms with Gasteiger partial charge in [-0.1, -0.05) is 0 Å². The van der Waals surface area contributed by atoms with Crippen molar-refractivity contribution in [1.29, 1.82) is 0 Å². The zero-order valence-electron chi connectivity index (χ0n) is 5.04. The van der Waals surface area contributed by atoms with E-state index < -0.39 is 14.9 Å². The van der Waals surface area contributed by atoms with E-state index in [1.807, 2.05) is 12.1 Å². The van der Waals surface area contributed by atoms with Crippen molar-refractivity contribution >= 4 is 41.9 Å². The maximum atomic E-state index is 10.6. The molecule has 0 radical (unpaired) electrons. The second-order valence-electron chi connectivity index (χ2n) is 1.81. The molecule has 2 nitrogen and oxygen atoms in total. The normalized spacial score (nSPS) is 13.0. The fourth-order valence-electron chi connectivity index (χ4n) is 0.592. The van der Waals surface area contributed by atoms with Gasteiger partial charge >= 0.3 is 77.5 Å². The Morgan fingerprint density at radius 3 is 2.20 bits per heavy atom. The van der Waals surface area contributed by atoms with Gasteiger partial charge in [-0.3, -0.25) is 0 Å². The van der Waals surface area contributed by atoms with Gasteiger partial charge in [-0.25, -0.2) is 0 Å². The number of benzene rings is 1. The zero-order valence-corrected chi connectivity index (χ0v) is 9.30. The van der Waals surface area contributed by atoms with E-state index >= 15 is 0 Å². The van der Waals surface area contributed by atoms with Gasteiger partial charge < -0.3 is 0 Å². The molecule has 1 rings (SSSR count). The molecule has 0 fully saturated rings. The molecule has 0 aliphatic rings. The van der Waals surface area contributed by atoms with E-state index in [9.17, 15) is 3.74 Å². The molecule has 0 aliphatic carbocycles. The molecule has 1 atom stereocenters. The Hall–Kier alpha value is 0.268. The molecule has 0 spiro atoms. The zero-order chi connectivity index (χ0) is 7.56. The van der Waals surface area contributed by atoms with E-state index in [-0.39, 0.29) is 0 Å². The summed E-state index contributed by atoms with van der Waals surface area (Å²) in [6.45, 7) is 0. The van der Waals surface area contributed by atoms with Crippen LogP contribution in [0.4, 0.5) is 0 Å². The molecule has 0 aromatic heterocycles. The van der Waals surface area contributed by atoms with Crippen LogP contribution in [0.15, 0.2) is 24.3 Å². The van der Waals surface area contributed by atoms with Crippen molar-refractivity contribution in [3.05, 3.63) is 27.8 Å². The first-order valence-electron chi connectivity index (χ1n) is 2.69. The molecule has 0 bridgehead atoms. The Morgan fingerprint density at radius 1 is 1.30 bits per heavy atom. The average molecular weight is 312 g/mol. The van der Waals surface area contributed by atoms with Crippen LogP contribution in [0.2, 0.25) is 0 Å². The van der Waals surface area contributed by atoms with Crippen molar-refractivity contribution < 1.29 is 7.84 Å². The van der Waals surface area contributed by atoms with E-state index in [0.29, 0.717) is 4.35 Å². The van der Waals surface area contributed by atoms with Crippen LogP contribution in [0.3, 0.4) is 0 Å². The van der Waals surface area contributed by atoms with Gasteiger partial charge in [-0.2, -0.15) is 0 Å². The maximum absolute atomic E-state index is 10.6. The van der Waals surface area contributed by atoms with Crippen LogP contribution in [0.1, 0.15) is 0 Å². The number of halogens is 1. The molecule has 1 N–H and O–H groups in total. The standard InChI is InChI=1S/C6H6AsIO2/c8-6-3-1-5(2-4-6)7(9)10/h1-4,7H,(H,9,10). The summed E-state index contributed by atoms with van der Waals surface area (Å²) in [6.07, 6.45) is 0. The first-order valence-corrected chi connectivity index (χ1v) is 6.61. The minimum absolute atomic E-state index is 0.584. The molecule has 4 heteroatoms. The van der Waals surface area contributed by atoms with Gasteiger partial charge in [-0.15, -0.1) is 0 Å². The average Bonchev–Trinajstić information content (AvgIpc) is 1.88. The molecule has 54 valence electrons. The van der Waals surface area contributed by atoms with Crippen molar-refractivity contribution in [1.82, 2.24) is 0 Å². The molecular formula is C6H6AsIO2. The molecule has 1 aromatic carbocycles. The Labute approximate surface area is 77.2 Å². The SMILES string of the molecule is O=[AsH](O)c1ccc(I)cc1. The fourth-order valence-corrected chi connectivity index (χ4v) is 1.90. The third kappa shape index (κ3) is 2.15. The van der Waals surface area contributed by atoms with Gasteiger partial charge in [0.15, 0.2) is 0 Å². The Kier molecular flexibility index (Phi) is 3.01. The van der Waals surface area contributed by atoms with E-state index in [2.05, 4.69) is 22.6 Å². The molecule has 0 amide bonds. The van der Waals surface area contributed by atoms with Crippen molar-refractivity contribution in [2.75, 3.05) is 0 Å². The first kappa shape index (κ1) is 8.37. The third-order valence-electron chi connectivity index (χ3n) is 1.09. The van der Waals surface area contributed by atoms with Gasteiger partial charge in [0.1, 0.15) is 0 Å². The summed E-state index contributed by atoms with van der Waals surface area (Å²) in [5.41, 5.74) is 0. The quantitative estimate of drug-likeness (QED) is 0.592. The summed E-state index contributed by atoms with van der Waals surface area (Å²) >= 11 is -0.889. The second kappa shape index (κ2) is 3.60. The van der Waals surface area contributed by atoms with Crippen LogP contribution in [-0.2, 0) is 3.74 Å². The minimum atomic E-state index is -3.04. The van der Waals surface area contributed by atoms with Crippen LogP contribution in [-0.4, -0.2) is 19.0 Å². The van der Waals surface area contributed by atoms with E-state index in [1.54, 1.807) is 12.1 Å². The van der Waals surface area contributed by atoms with Crippen LogP contribution >= 0.6 is 22.6 Å². The van der Waals surface area contributed by atoms with Gasteiger partial charge in [0.2, 0.25) is 0 Å². The first-order chi connectivity index (χ1) is 4.70. The molecule has 0 saturated carbocycles. The monoisotopic (exact) mass is 312 g/mol. The third-order valence-corrected chi connectivity index (χ3v) is 3.55. The predicted octanol–water partition coefficient (Wildman–Crippen LogP) is 0.141. The Balaban J connectivity index is 3.00.